The Labute approximate surface area is 127 Å². The summed E-state index contributed by atoms with van der Waals surface area (Å²) in [6, 6.07) is 7.50. The van der Waals surface area contributed by atoms with Crippen LogP contribution in [0.25, 0.3) is 0 Å². The van der Waals surface area contributed by atoms with Crippen LogP contribution in [0.1, 0.15) is 39.0 Å². The number of benzene rings is 1. The molecule has 0 saturated carbocycles. The first-order valence-corrected chi connectivity index (χ1v) is 8.00. The van der Waals surface area contributed by atoms with Crippen molar-refractivity contribution in [2.75, 3.05) is 25.5 Å². The monoisotopic (exact) mass is 291 g/mol. The highest BCUT2D eigenvalue weighted by atomic mass is 16.5. The third kappa shape index (κ3) is 4.74. The van der Waals surface area contributed by atoms with Gasteiger partial charge in [0.15, 0.2) is 6.04 Å². The Bertz CT molecular complexity index is 437. The van der Waals surface area contributed by atoms with Gasteiger partial charge in [-0.15, -0.1) is 0 Å². The van der Waals surface area contributed by atoms with Gasteiger partial charge in [0.05, 0.1) is 20.2 Å². The summed E-state index contributed by atoms with van der Waals surface area (Å²) in [5, 5.41) is 3.01. The van der Waals surface area contributed by atoms with Crippen molar-refractivity contribution in [3.63, 3.8) is 0 Å². The summed E-state index contributed by atoms with van der Waals surface area (Å²) in [5.41, 5.74) is 0.832. The highest BCUT2D eigenvalue weighted by Gasteiger charge is 2.25. The molecular weight excluding hydrogens is 264 g/mol. The second-order valence-electron chi connectivity index (χ2n) is 5.87. The number of hydrogen-bond acceptors (Lipinski definition) is 2. The molecular formula is C17H27N2O2+. The van der Waals surface area contributed by atoms with E-state index in [2.05, 4.69) is 5.32 Å². The second kappa shape index (κ2) is 8.03. The molecule has 1 aliphatic rings. The molecule has 4 nitrogen and oxygen atoms in total. The number of likely N-dealkylation sites (tertiary alicyclic amines) is 1. The average Bonchev–Trinajstić information content (AvgIpc) is 2.47. The van der Waals surface area contributed by atoms with Crippen LogP contribution in [0.15, 0.2) is 24.3 Å². The molecule has 1 aliphatic heterocycles. The number of hydrogen-bond donors (Lipinski definition) is 2. The summed E-state index contributed by atoms with van der Waals surface area (Å²) in [4.78, 5) is 13.8. The predicted molar refractivity (Wildman–Crippen MR) is 84.9 cm³/mol. The molecule has 2 rings (SSSR count). The van der Waals surface area contributed by atoms with Gasteiger partial charge in [0, 0.05) is 5.69 Å². The maximum atomic E-state index is 12.4. The molecule has 21 heavy (non-hydrogen) atoms. The summed E-state index contributed by atoms with van der Waals surface area (Å²) in [6.45, 7) is 4.25. The second-order valence-corrected chi connectivity index (χ2v) is 5.87. The number of rotatable bonds is 4. The van der Waals surface area contributed by atoms with Gasteiger partial charge in [0.2, 0.25) is 0 Å². The molecule has 0 bridgehead atoms. The number of amides is 1. The molecule has 2 N–H and O–H groups in total. The molecule has 0 aliphatic carbocycles. The van der Waals surface area contributed by atoms with Crippen LogP contribution in [0.5, 0.6) is 5.75 Å². The van der Waals surface area contributed by atoms with Crippen molar-refractivity contribution in [2.45, 2.75) is 45.1 Å². The van der Waals surface area contributed by atoms with Crippen molar-refractivity contribution in [1.29, 1.82) is 0 Å². The van der Waals surface area contributed by atoms with Gasteiger partial charge < -0.3 is 15.0 Å². The highest BCUT2D eigenvalue weighted by Crippen LogP contribution is 2.15. The summed E-state index contributed by atoms with van der Waals surface area (Å²) in [7, 11) is 1.64. The molecule has 1 atom stereocenters. The van der Waals surface area contributed by atoms with Crippen molar-refractivity contribution in [3.8, 4) is 5.75 Å². The lowest BCUT2D eigenvalue weighted by atomic mass is 10.1. The van der Waals surface area contributed by atoms with E-state index in [-0.39, 0.29) is 11.9 Å². The molecule has 1 aromatic carbocycles. The lowest BCUT2D eigenvalue weighted by molar-refractivity contribution is -0.914. The first-order chi connectivity index (χ1) is 10.2. The predicted octanol–water partition coefficient (Wildman–Crippen LogP) is 1.87. The fourth-order valence-electron chi connectivity index (χ4n) is 2.90. The van der Waals surface area contributed by atoms with Gasteiger partial charge in [-0.2, -0.15) is 0 Å². The quantitative estimate of drug-likeness (QED) is 0.889. The van der Waals surface area contributed by atoms with E-state index in [9.17, 15) is 4.79 Å². The fraction of sp³-hybridized carbons (Fsp3) is 0.588. The zero-order valence-corrected chi connectivity index (χ0v) is 13.2. The maximum absolute atomic E-state index is 12.4. The number of ether oxygens (including phenoxy) is 1. The zero-order valence-electron chi connectivity index (χ0n) is 13.2. The van der Waals surface area contributed by atoms with Gasteiger partial charge in [-0.3, -0.25) is 4.79 Å². The van der Waals surface area contributed by atoms with Gasteiger partial charge in [-0.25, -0.2) is 0 Å². The molecule has 4 heteroatoms. The number of carbonyl (C=O) groups excluding carboxylic acids is 1. The molecule has 116 valence electrons. The Balaban J connectivity index is 1.90. The third-order valence-electron chi connectivity index (χ3n) is 4.36. The number of quaternary nitrogens is 1. The fourth-order valence-corrected chi connectivity index (χ4v) is 2.90. The van der Waals surface area contributed by atoms with Crippen molar-refractivity contribution in [3.05, 3.63) is 24.3 Å². The van der Waals surface area contributed by atoms with Gasteiger partial charge in [0.25, 0.3) is 5.91 Å². The number of methoxy groups -OCH3 is 1. The smallest absolute Gasteiger partial charge is 0.282 e. The van der Waals surface area contributed by atoms with Crippen LogP contribution >= 0.6 is 0 Å². The molecule has 1 saturated heterocycles. The molecule has 1 fully saturated rings. The van der Waals surface area contributed by atoms with Crippen molar-refractivity contribution in [1.82, 2.24) is 0 Å². The molecule has 0 spiro atoms. The van der Waals surface area contributed by atoms with Crippen LogP contribution < -0.4 is 15.0 Å². The molecule has 0 radical (unpaired) electrons. The van der Waals surface area contributed by atoms with Crippen molar-refractivity contribution >= 4 is 11.6 Å². The largest absolute Gasteiger partial charge is 0.497 e. The Morgan fingerprint density at radius 3 is 2.24 bits per heavy atom. The number of carbonyl (C=O) groups is 1. The van der Waals surface area contributed by atoms with Crippen LogP contribution in [-0.2, 0) is 4.79 Å². The van der Waals surface area contributed by atoms with Gasteiger partial charge >= 0.3 is 0 Å². The lowest BCUT2D eigenvalue weighted by Crippen LogP contribution is -3.16. The van der Waals surface area contributed by atoms with E-state index >= 15 is 0 Å². The maximum Gasteiger partial charge on any atom is 0.282 e. The normalized spacial score (nSPS) is 18.4. The van der Waals surface area contributed by atoms with Crippen LogP contribution in [0.2, 0.25) is 0 Å². The Hall–Kier alpha value is -1.55. The number of anilines is 1. The zero-order chi connectivity index (χ0) is 15.1. The Morgan fingerprint density at radius 1 is 1.10 bits per heavy atom. The van der Waals surface area contributed by atoms with Gasteiger partial charge in [-0.05, 0) is 56.9 Å². The van der Waals surface area contributed by atoms with E-state index in [1.165, 1.54) is 37.0 Å². The van der Waals surface area contributed by atoms with Gasteiger partial charge in [0.1, 0.15) is 5.75 Å². The Kier molecular flexibility index (Phi) is 6.05. The van der Waals surface area contributed by atoms with Crippen molar-refractivity contribution < 1.29 is 14.4 Å². The summed E-state index contributed by atoms with van der Waals surface area (Å²) >= 11 is 0. The molecule has 1 amide bonds. The minimum Gasteiger partial charge on any atom is -0.497 e. The SMILES string of the molecule is COc1ccc(NC(=O)[C@H](C)[NH+]2CCCCCCC2)cc1. The lowest BCUT2D eigenvalue weighted by Gasteiger charge is -2.26. The molecule has 1 heterocycles. The van der Waals surface area contributed by atoms with E-state index < -0.39 is 0 Å². The van der Waals surface area contributed by atoms with Crippen LogP contribution in [0.3, 0.4) is 0 Å². The summed E-state index contributed by atoms with van der Waals surface area (Å²) < 4.78 is 5.13. The van der Waals surface area contributed by atoms with Crippen molar-refractivity contribution in [2.24, 2.45) is 0 Å². The molecule has 0 aromatic heterocycles. The van der Waals surface area contributed by atoms with Crippen LogP contribution in [0.4, 0.5) is 5.69 Å². The third-order valence-corrected chi connectivity index (χ3v) is 4.36. The summed E-state index contributed by atoms with van der Waals surface area (Å²) in [6.07, 6.45) is 6.41. The van der Waals surface area contributed by atoms with Crippen LogP contribution in [-0.4, -0.2) is 32.1 Å². The summed E-state index contributed by atoms with van der Waals surface area (Å²) in [5.74, 6) is 0.909. The highest BCUT2D eigenvalue weighted by molar-refractivity contribution is 5.93. The Morgan fingerprint density at radius 2 is 1.67 bits per heavy atom. The van der Waals surface area contributed by atoms with E-state index in [0.717, 1.165) is 24.5 Å². The first kappa shape index (κ1) is 15.8. The standard InChI is InChI=1S/C17H26N2O2/c1-14(19-12-6-4-3-5-7-13-19)17(20)18-15-8-10-16(21-2)11-9-15/h8-11,14H,3-7,12-13H2,1-2H3,(H,18,20)/p+1/t14-/m0/s1. The first-order valence-electron chi connectivity index (χ1n) is 8.00. The van der Waals surface area contributed by atoms with E-state index in [0.29, 0.717) is 0 Å². The molecule has 1 aromatic rings. The van der Waals surface area contributed by atoms with E-state index in [1.807, 2.05) is 31.2 Å². The molecule has 0 unspecified atom stereocenters. The average molecular weight is 291 g/mol. The van der Waals surface area contributed by atoms with E-state index in [1.54, 1.807) is 7.11 Å². The minimum atomic E-state index is 0.00482. The van der Waals surface area contributed by atoms with Crippen LogP contribution in [0, 0.1) is 0 Å². The number of nitrogens with one attached hydrogen (secondary N) is 2. The topological polar surface area (TPSA) is 42.8 Å². The van der Waals surface area contributed by atoms with E-state index in [4.69, 9.17) is 4.74 Å². The minimum absolute atomic E-state index is 0.00482. The van der Waals surface area contributed by atoms with Gasteiger partial charge in [-0.1, -0.05) is 6.42 Å².